The highest BCUT2D eigenvalue weighted by molar-refractivity contribution is 5.82. The van der Waals surface area contributed by atoms with Gasteiger partial charge in [-0.25, -0.2) is 4.79 Å². The van der Waals surface area contributed by atoms with Crippen LogP contribution in [0.5, 0.6) is 0 Å². The molecule has 0 heterocycles. The van der Waals surface area contributed by atoms with Gasteiger partial charge < -0.3 is 15.7 Å². The van der Waals surface area contributed by atoms with Gasteiger partial charge in [-0.05, 0) is 19.8 Å². The van der Waals surface area contributed by atoms with Crippen molar-refractivity contribution in [1.29, 1.82) is 0 Å². The maximum Gasteiger partial charge on any atom is 0.325 e. The summed E-state index contributed by atoms with van der Waals surface area (Å²) in [7, 11) is 0. The third kappa shape index (κ3) is 3.08. The van der Waals surface area contributed by atoms with Gasteiger partial charge in [-0.2, -0.15) is 0 Å². The number of aliphatic carboxylic acids is 1. The SMILES string of the molecule is C[C@@H](NC(=O)NC1C=CCC1)C(=O)O. The molecule has 5 heteroatoms. The lowest BCUT2D eigenvalue weighted by Crippen LogP contribution is -2.46. The highest BCUT2D eigenvalue weighted by Crippen LogP contribution is 2.08. The molecule has 0 saturated heterocycles. The maximum atomic E-state index is 11.2. The summed E-state index contributed by atoms with van der Waals surface area (Å²) in [5.74, 6) is -1.04. The van der Waals surface area contributed by atoms with Crippen molar-refractivity contribution in [3.63, 3.8) is 0 Å². The number of carbonyl (C=O) groups excluding carboxylic acids is 1. The second kappa shape index (κ2) is 4.64. The molecule has 2 atom stereocenters. The van der Waals surface area contributed by atoms with Crippen LogP contribution in [0.3, 0.4) is 0 Å². The summed E-state index contributed by atoms with van der Waals surface area (Å²) in [6.07, 6.45) is 5.74. The largest absolute Gasteiger partial charge is 0.480 e. The normalized spacial score (nSPS) is 21.6. The van der Waals surface area contributed by atoms with Gasteiger partial charge in [0.25, 0.3) is 0 Å². The highest BCUT2D eigenvalue weighted by atomic mass is 16.4. The molecule has 0 bridgehead atoms. The van der Waals surface area contributed by atoms with Crippen LogP contribution in [0, 0.1) is 0 Å². The number of hydrogen-bond acceptors (Lipinski definition) is 2. The Labute approximate surface area is 82.2 Å². The summed E-state index contributed by atoms with van der Waals surface area (Å²) >= 11 is 0. The molecule has 0 fully saturated rings. The fourth-order valence-corrected chi connectivity index (χ4v) is 1.22. The minimum absolute atomic E-state index is 0.0380. The van der Waals surface area contributed by atoms with Gasteiger partial charge in [0.05, 0.1) is 0 Å². The van der Waals surface area contributed by atoms with Crippen LogP contribution in [-0.4, -0.2) is 29.2 Å². The first-order chi connectivity index (χ1) is 6.59. The Morgan fingerprint density at radius 3 is 2.79 bits per heavy atom. The zero-order valence-electron chi connectivity index (χ0n) is 7.99. The third-order valence-electron chi connectivity index (χ3n) is 2.05. The first kappa shape index (κ1) is 10.6. The molecule has 14 heavy (non-hydrogen) atoms. The standard InChI is InChI=1S/C9H14N2O3/c1-6(8(12)13)10-9(14)11-7-4-2-3-5-7/h2,4,6-7H,3,5H2,1H3,(H,12,13)(H2,10,11,14)/t6-,7?/m1/s1. The summed E-state index contributed by atoms with van der Waals surface area (Å²) in [5, 5.41) is 13.5. The van der Waals surface area contributed by atoms with Gasteiger partial charge in [-0.3, -0.25) is 4.79 Å². The van der Waals surface area contributed by atoms with E-state index in [1.807, 2.05) is 12.2 Å². The molecule has 0 spiro atoms. The van der Waals surface area contributed by atoms with Crippen LogP contribution >= 0.6 is 0 Å². The maximum absolute atomic E-state index is 11.2. The van der Waals surface area contributed by atoms with E-state index >= 15 is 0 Å². The van der Waals surface area contributed by atoms with E-state index in [1.165, 1.54) is 6.92 Å². The molecule has 3 N–H and O–H groups in total. The number of urea groups is 1. The minimum Gasteiger partial charge on any atom is -0.480 e. The monoisotopic (exact) mass is 198 g/mol. The lowest BCUT2D eigenvalue weighted by molar-refractivity contribution is -0.138. The highest BCUT2D eigenvalue weighted by Gasteiger charge is 2.16. The van der Waals surface area contributed by atoms with E-state index < -0.39 is 18.0 Å². The number of nitrogens with one attached hydrogen (secondary N) is 2. The average molecular weight is 198 g/mol. The Kier molecular flexibility index (Phi) is 3.50. The van der Waals surface area contributed by atoms with Crippen molar-refractivity contribution in [3.05, 3.63) is 12.2 Å². The van der Waals surface area contributed by atoms with Crippen molar-refractivity contribution in [1.82, 2.24) is 10.6 Å². The Balaban J connectivity index is 2.28. The van der Waals surface area contributed by atoms with Gasteiger partial charge in [0.2, 0.25) is 0 Å². The third-order valence-corrected chi connectivity index (χ3v) is 2.05. The number of allylic oxidation sites excluding steroid dienone is 1. The van der Waals surface area contributed by atoms with Crippen LogP contribution in [-0.2, 0) is 4.79 Å². The molecule has 1 aliphatic rings. The topological polar surface area (TPSA) is 78.4 Å². The molecule has 78 valence electrons. The Hall–Kier alpha value is -1.52. The minimum atomic E-state index is -1.04. The van der Waals surface area contributed by atoms with Gasteiger partial charge in [-0.1, -0.05) is 12.2 Å². The Morgan fingerprint density at radius 1 is 1.57 bits per heavy atom. The molecule has 5 nitrogen and oxygen atoms in total. The predicted octanol–water partition coefficient (Wildman–Crippen LogP) is 0.477. The number of amides is 2. The molecule has 0 saturated carbocycles. The average Bonchev–Trinajstić information content (AvgIpc) is 2.56. The van der Waals surface area contributed by atoms with Crippen molar-refractivity contribution in [2.45, 2.75) is 31.8 Å². The number of hydrogen-bond donors (Lipinski definition) is 3. The van der Waals surface area contributed by atoms with Crippen molar-refractivity contribution in [2.24, 2.45) is 0 Å². The summed E-state index contributed by atoms with van der Waals surface area (Å²) in [6.45, 7) is 1.42. The number of carbonyl (C=O) groups is 2. The quantitative estimate of drug-likeness (QED) is 0.577. The van der Waals surface area contributed by atoms with E-state index in [9.17, 15) is 9.59 Å². The fraction of sp³-hybridized carbons (Fsp3) is 0.556. The summed E-state index contributed by atoms with van der Waals surface area (Å²) in [6, 6.07) is -1.26. The molecule has 1 rings (SSSR count). The van der Waals surface area contributed by atoms with Crippen LogP contribution in [0.4, 0.5) is 4.79 Å². The first-order valence-electron chi connectivity index (χ1n) is 4.56. The summed E-state index contributed by atoms with van der Waals surface area (Å²) < 4.78 is 0. The Bertz CT molecular complexity index is 257. The molecule has 0 aromatic carbocycles. The van der Waals surface area contributed by atoms with Crippen LogP contribution in [0.25, 0.3) is 0 Å². The molecule has 0 aliphatic heterocycles. The summed E-state index contributed by atoms with van der Waals surface area (Å²) in [4.78, 5) is 21.6. The first-order valence-corrected chi connectivity index (χ1v) is 4.56. The van der Waals surface area contributed by atoms with E-state index in [2.05, 4.69) is 10.6 Å². The lowest BCUT2D eigenvalue weighted by Gasteiger charge is -2.13. The van der Waals surface area contributed by atoms with Gasteiger partial charge >= 0.3 is 12.0 Å². The number of rotatable bonds is 3. The van der Waals surface area contributed by atoms with Gasteiger partial charge in [0.15, 0.2) is 0 Å². The van der Waals surface area contributed by atoms with Crippen molar-refractivity contribution in [3.8, 4) is 0 Å². The molecular weight excluding hydrogens is 184 g/mol. The van der Waals surface area contributed by atoms with E-state index in [0.717, 1.165) is 12.8 Å². The van der Waals surface area contributed by atoms with Crippen LogP contribution in [0.1, 0.15) is 19.8 Å². The number of carboxylic acid groups (broad SMARTS) is 1. The van der Waals surface area contributed by atoms with Crippen molar-refractivity contribution >= 4 is 12.0 Å². The fourth-order valence-electron chi connectivity index (χ4n) is 1.22. The van der Waals surface area contributed by atoms with Crippen LogP contribution < -0.4 is 10.6 Å². The molecule has 0 aromatic heterocycles. The van der Waals surface area contributed by atoms with Crippen molar-refractivity contribution in [2.75, 3.05) is 0 Å². The summed E-state index contributed by atoms with van der Waals surface area (Å²) in [5.41, 5.74) is 0. The van der Waals surface area contributed by atoms with Crippen molar-refractivity contribution < 1.29 is 14.7 Å². The van der Waals surface area contributed by atoms with E-state index in [0.29, 0.717) is 0 Å². The van der Waals surface area contributed by atoms with Crippen LogP contribution in [0.15, 0.2) is 12.2 Å². The molecule has 1 aliphatic carbocycles. The lowest BCUT2D eigenvalue weighted by atomic mass is 10.3. The molecule has 2 amide bonds. The van der Waals surface area contributed by atoms with E-state index in [1.54, 1.807) is 0 Å². The molecular formula is C9H14N2O3. The smallest absolute Gasteiger partial charge is 0.325 e. The molecule has 0 aromatic rings. The predicted molar refractivity (Wildman–Crippen MR) is 50.9 cm³/mol. The second-order valence-electron chi connectivity index (χ2n) is 3.29. The van der Waals surface area contributed by atoms with Crippen LogP contribution in [0.2, 0.25) is 0 Å². The zero-order valence-corrected chi connectivity index (χ0v) is 7.99. The van der Waals surface area contributed by atoms with Gasteiger partial charge in [0.1, 0.15) is 6.04 Å². The Morgan fingerprint density at radius 2 is 2.29 bits per heavy atom. The van der Waals surface area contributed by atoms with Gasteiger partial charge in [0, 0.05) is 6.04 Å². The second-order valence-corrected chi connectivity index (χ2v) is 3.29. The number of carboxylic acids is 1. The van der Waals surface area contributed by atoms with Gasteiger partial charge in [-0.15, -0.1) is 0 Å². The van der Waals surface area contributed by atoms with E-state index in [-0.39, 0.29) is 6.04 Å². The van der Waals surface area contributed by atoms with E-state index in [4.69, 9.17) is 5.11 Å². The molecule has 0 radical (unpaired) electrons. The molecule has 1 unspecified atom stereocenters. The zero-order chi connectivity index (χ0) is 10.6.